The van der Waals surface area contributed by atoms with E-state index in [1.165, 1.54) is 0 Å². The molecule has 4 rings (SSSR count). The molecule has 12 heteroatoms. The van der Waals surface area contributed by atoms with Gasteiger partial charge in [0.15, 0.2) is 0 Å². The van der Waals surface area contributed by atoms with Crippen molar-refractivity contribution in [1.82, 2.24) is 0 Å². The van der Waals surface area contributed by atoms with Crippen LogP contribution in [0.4, 0.5) is 22.7 Å². The lowest BCUT2D eigenvalue weighted by molar-refractivity contribution is 0.0378. The third-order valence-corrected chi connectivity index (χ3v) is 6.10. The van der Waals surface area contributed by atoms with Crippen LogP contribution in [0.25, 0.3) is 0 Å². The zero-order chi connectivity index (χ0) is 33.3. The molecule has 0 aliphatic heterocycles. The number of rotatable bonds is 12. The van der Waals surface area contributed by atoms with E-state index in [0.29, 0.717) is 57.8 Å². The van der Waals surface area contributed by atoms with Crippen LogP contribution in [0.15, 0.2) is 97.1 Å². The molecule has 0 atom stereocenters. The summed E-state index contributed by atoms with van der Waals surface area (Å²) in [4.78, 5) is 46.9. The van der Waals surface area contributed by atoms with Crippen LogP contribution in [0.3, 0.4) is 0 Å². The number of carbonyl (C=O) groups excluding carboxylic acids is 4. The monoisotopic (exact) mass is 628 g/mol. The topological polar surface area (TPSA) is 209 Å². The summed E-state index contributed by atoms with van der Waals surface area (Å²) in [5, 5.41) is 0. The molecule has 240 valence electrons. The van der Waals surface area contributed by atoms with Gasteiger partial charge in [0.25, 0.3) is 0 Å². The van der Waals surface area contributed by atoms with Crippen molar-refractivity contribution in [2.24, 2.45) is 0 Å². The highest BCUT2D eigenvalue weighted by Gasteiger charge is 2.10. The van der Waals surface area contributed by atoms with Gasteiger partial charge in [0.1, 0.15) is 0 Å². The van der Waals surface area contributed by atoms with Crippen molar-refractivity contribution in [2.75, 3.05) is 49.4 Å². The summed E-state index contributed by atoms with van der Waals surface area (Å²) >= 11 is 0. The molecule has 4 aromatic carbocycles. The Labute approximate surface area is 266 Å². The number of nitrogen functional groups attached to an aromatic ring is 4. The number of carbonyl (C=O) groups is 4. The first kappa shape index (κ1) is 34.5. The second kappa shape index (κ2) is 17.9. The molecule has 0 saturated carbocycles. The highest BCUT2D eigenvalue weighted by Crippen LogP contribution is 2.10. The zero-order valence-corrected chi connectivity index (χ0v) is 25.1. The van der Waals surface area contributed by atoms with Gasteiger partial charge in [-0.3, -0.25) is 0 Å². The first-order valence-electron chi connectivity index (χ1n) is 14.2. The minimum Gasteiger partial charge on any atom is -0.462 e. The van der Waals surface area contributed by atoms with Gasteiger partial charge in [-0.05, 0) is 97.1 Å². The van der Waals surface area contributed by atoms with Gasteiger partial charge in [-0.1, -0.05) is 0 Å². The quantitative estimate of drug-likeness (QED) is 0.0739. The van der Waals surface area contributed by atoms with Crippen molar-refractivity contribution in [3.8, 4) is 0 Å². The molecule has 8 N–H and O–H groups in total. The summed E-state index contributed by atoms with van der Waals surface area (Å²) in [7, 11) is 0. The predicted molar refractivity (Wildman–Crippen MR) is 174 cm³/mol. The maximum absolute atomic E-state index is 11.7. The Kier molecular flexibility index (Phi) is 13.4. The van der Waals surface area contributed by atoms with Gasteiger partial charge >= 0.3 is 23.9 Å². The molecule has 0 unspecified atom stereocenters. The molecular formula is C34H36N4O8. The van der Waals surface area contributed by atoms with Crippen molar-refractivity contribution in [3.05, 3.63) is 119 Å². The summed E-state index contributed by atoms with van der Waals surface area (Å²) in [6, 6.07) is 25.8. The van der Waals surface area contributed by atoms with E-state index in [0.717, 1.165) is 0 Å². The number of ether oxygens (including phenoxy) is 4. The van der Waals surface area contributed by atoms with Crippen LogP contribution in [0.5, 0.6) is 0 Å². The molecule has 4 aromatic rings. The number of hydrogen-bond acceptors (Lipinski definition) is 12. The Morgan fingerprint density at radius 2 is 0.522 bits per heavy atom. The third-order valence-electron chi connectivity index (χ3n) is 6.10. The Hall–Kier alpha value is -6.04. The van der Waals surface area contributed by atoms with Crippen LogP contribution in [0.2, 0.25) is 0 Å². The fraction of sp³-hybridized carbons (Fsp3) is 0.176. The summed E-state index contributed by atoms with van der Waals surface area (Å²) in [6.07, 6.45) is 0.836. The molecular weight excluding hydrogens is 592 g/mol. The van der Waals surface area contributed by atoms with Gasteiger partial charge in [0.2, 0.25) is 0 Å². The summed E-state index contributed by atoms with van der Waals surface area (Å²) in [6.45, 7) is 0.660. The highest BCUT2D eigenvalue weighted by molar-refractivity contribution is 5.91. The number of anilines is 4. The van der Waals surface area contributed by atoms with E-state index in [2.05, 4.69) is 0 Å². The molecule has 0 spiro atoms. The number of benzene rings is 4. The molecule has 0 aromatic heterocycles. The summed E-state index contributed by atoms with van der Waals surface area (Å²) in [5.41, 5.74) is 26.2. The molecule has 0 aliphatic rings. The first-order chi connectivity index (χ1) is 22.1. The van der Waals surface area contributed by atoms with Crippen molar-refractivity contribution < 1.29 is 38.1 Å². The maximum atomic E-state index is 11.7. The van der Waals surface area contributed by atoms with Crippen LogP contribution < -0.4 is 22.9 Å². The molecule has 0 amide bonds. The van der Waals surface area contributed by atoms with E-state index in [1.807, 2.05) is 0 Å². The van der Waals surface area contributed by atoms with Gasteiger partial charge in [-0.2, -0.15) is 0 Å². The molecule has 0 aliphatic carbocycles. The molecule has 0 fully saturated rings. The fourth-order valence-electron chi connectivity index (χ4n) is 3.59. The average Bonchev–Trinajstić information content (AvgIpc) is 3.05. The van der Waals surface area contributed by atoms with Crippen LogP contribution >= 0.6 is 0 Å². The van der Waals surface area contributed by atoms with Gasteiger partial charge < -0.3 is 41.9 Å². The van der Waals surface area contributed by atoms with Crippen LogP contribution in [-0.4, -0.2) is 50.3 Å². The van der Waals surface area contributed by atoms with E-state index >= 15 is 0 Å². The highest BCUT2D eigenvalue weighted by atomic mass is 16.6. The molecule has 0 bridgehead atoms. The Morgan fingerprint density at radius 3 is 0.696 bits per heavy atom. The summed E-state index contributed by atoms with van der Waals surface area (Å²) < 4.78 is 20.3. The minimum absolute atomic E-state index is 0.165. The number of nitrogens with two attached hydrogens (primary N) is 4. The van der Waals surface area contributed by atoms with Gasteiger partial charge in [0.05, 0.1) is 48.7 Å². The summed E-state index contributed by atoms with van der Waals surface area (Å²) in [5.74, 6) is -1.74. The first-order valence-corrected chi connectivity index (χ1v) is 14.2. The van der Waals surface area contributed by atoms with Crippen molar-refractivity contribution in [1.29, 1.82) is 0 Å². The molecule has 0 radical (unpaired) electrons. The average molecular weight is 629 g/mol. The number of hydrogen-bond donors (Lipinski definition) is 4. The zero-order valence-electron chi connectivity index (χ0n) is 25.1. The van der Waals surface area contributed by atoms with E-state index in [-0.39, 0.29) is 26.4 Å². The minimum atomic E-state index is -0.435. The predicted octanol–water partition coefficient (Wildman–Crippen LogP) is 4.51. The van der Waals surface area contributed by atoms with Crippen LogP contribution in [0.1, 0.15) is 54.3 Å². The van der Waals surface area contributed by atoms with E-state index < -0.39 is 23.9 Å². The van der Waals surface area contributed by atoms with Gasteiger partial charge in [0, 0.05) is 35.6 Å². The lowest BCUT2D eigenvalue weighted by Crippen LogP contribution is -2.11. The number of esters is 4. The molecule has 0 heterocycles. The second-order valence-corrected chi connectivity index (χ2v) is 9.74. The van der Waals surface area contributed by atoms with E-state index in [9.17, 15) is 19.2 Å². The van der Waals surface area contributed by atoms with Crippen molar-refractivity contribution >= 4 is 46.6 Å². The van der Waals surface area contributed by atoms with E-state index in [1.54, 1.807) is 97.1 Å². The Bertz CT molecular complexity index is 1330. The smallest absolute Gasteiger partial charge is 0.338 e. The Balaban J connectivity index is 0.000000250. The third kappa shape index (κ3) is 11.9. The van der Waals surface area contributed by atoms with E-state index in [4.69, 9.17) is 41.9 Å². The van der Waals surface area contributed by atoms with Crippen LogP contribution in [0, 0.1) is 0 Å². The maximum Gasteiger partial charge on any atom is 0.338 e. The lowest BCUT2D eigenvalue weighted by Gasteiger charge is -2.07. The standard InChI is InChI=1S/2C17H18N2O4/c2*18-14-6-2-12(3-7-14)16(20)22-10-1-11-23-17(21)13-4-8-15(19)9-5-13/h2*2-9H,1,10-11,18-19H2. The van der Waals surface area contributed by atoms with Crippen LogP contribution in [-0.2, 0) is 18.9 Å². The SMILES string of the molecule is Nc1ccc(C(=O)OCCCOC(=O)c2ccc(N)cc2)cc1.Nc1ccc(C(=O)OCCCOC(=O)c2ccc(N)cc2)cc1. The normalized spacial score (nSPS) is 10.1. The lowest BCUT2D eigenvalue weighted by atomic mass is 10.2. The Morgan fingerprint density at radius 1 is 0.348 bits per heavy atom. The second-order valence-electron chi connectivity index (χ2n) is 9.74. The molecule has 0 saturated heterocycles. The van der Waals surface area contributed by atoms with Gasteiger partial charge in [-0.25, -0.2) is 19.2 Å². The van der Waals surface area contributed by atoms with Crippen molar-refractivity contribution in [2.45, 2.75) is 12.8 Å². The molecule has 46 heavy (non-hydrogen) atoms. The molecule has 12 nitrogen and oxygen atoms in total. The fourth-order valence-corrected chi connectivity index (χ4v) is 3.59. The van der Waals surface area contributed by atoms with Crippen molar-refractivity contribution in [3.63, 3.8) is 0 Å². The van der Waals surface area contributed by atoms with Gasteiger partial charge in [-0.15, -0.1) is 0 Å². The largest absolute Gasteiger partial charge is 0.462 e.